The summed E-state index contributed by atoms with van der Waals surface area (Å²) in [6.07, 6.45) is 6.92. The maximum atomic E-state index is 12.9. The van der Waals surface area contributed by atoms with Crippen molar-refractivity contribution in [3.05, 3.63) is 54.2 Å². The Balaban J connectivity index is 1.32. The summed E-state index contributed by atoms with van der Waals surface area (Å²) in [6, 6.07) is 13.7. The third kappa shape index (κ3) is 6.08. The molecule has 1 atom stereocenters. The van der Waals surface area contributed by atoms with Crippen LogP contribution < -0.4 is 5.32 Å². The highest BCUT2D eigenvalue weighted by atomic mass is 32.2. The highest BCUT2D eigenvalue weighted by molar-refractivity contribution is 7.98. The van der Waals surface area contributed by atoms with Crippen molar-refractivity contribution in [3.8, 4) is 0 Å². The number of rotatable bonds is 7. The minimum atomic E-state index is -0.154. The van der Waals surface area contributed by atoms with Gasteiger partial charge in [0.1, 0.15) is 0 Å². The maximum Gasteiger partial charge on any atom is 0.239 e. The molecule has 2 aliphatic rings. The zero-order valence-corrected chi connectivity index (χ0v) is 18.7. The van der Waals surface area contributed by atoms with Gasteiger partial charge in [0.05, 0.1) is 17.6 Å². The molecule has 1 aromatic carbocycles. The van der Waals surface area contributed by atoms with Crippen molar-refractivity contribution in [1.29, 1.82) is 0 Å². The minimum absolute atomic E-state index is 0.0596. The smallest absolute Gasteiger partial charge is 0.239 e. The van der Waals surface area contributed by atoms with Gasteiger partial charge < -0.3 is 10.2 Å². The summed E-state index contributed by atoms with van der Waals surface area (Å²) < 4.78 is 0. The Labute approximate surface area is 188 Å². The molecule has 2 aliphatic heterocycles. The van der Waals surface area contributed by atoms with Gasteiger partial charge in [-0.2, -0.15) is 0 Å². The van der Waals surface area contributed by atoms with E-state index in [9.17, 15) is 9.59 Å². The van der Waals surface area contributed by atoms with Crippen LogP contribution in [-0.2, 0) is 15.3 Å². The van der Waals surface area contributed by atoms with Crippen LogP contribution in [0, 0.1) is 0 Å². The fourth-order valence-electron chi connectivity index (χ4n) is 4.32. The molecule has 1 unspecified atom stereocenters. The number of likely N-dealkylation sites (tertiary alicyclic amines) is 2. The summed E-state index contributed by atoms with van der Waals surface area (Å²) in [5.41, 5.74) is 1.93. The molecule has 6 nitrogen and oxygen atoms in total. The fourth-order valence-corrected chi connectivity index (χ4v) is 5.13. The van der Waals surface area contributed by atoms with Gasteiger partial charge >= 0.3 is 0 Å². The van der Waals surface area contributed by atoms with Gasteiger partial charge in [-0.3, -0.25) is 14.5 Å². The zero-order chi connectivity index (χ0) is 21.5. The molecule has 2 amide bonds. The molecule has 2 saturated heterocycles. The van der Waals surface area contributed by atoms with Crippen molar-refractivity contribution in [2.75, 3.05) is 31.5 Å². The predicted octanol–water partition coefficient (Wildman–Crippen LogP) is 3.79. The van der Waals surface area contributed by atoms with E-state index < -0.39 is 0 Å². The first-order chi connectivity index (χ1) is 15.2. The van der Waals surface area contributed by atoms with Crippen molar-refractivity contribution >= 4 is 29.3 Å². The molecule has 0 spiro atoms. The summed E-state index contributed by atoms with van der Waals surface area (Å²) in [5.74, 6) is 0.938. The van der Waals surface area contributed by atoms with Gasteiger partial charge in [-0.05, 0) is 62.1 Å². The van der Waals surface area contributed by atoms with E-state index in [4.69, 9.17) is 0 Å². The third-order valence-corrected chi connectivity index (χ3v) is 6.91. The van der Waals surface area contributed by atoms with Crippen molar-refractivity contribution < 1.29 is 9.59 Å². The first-order valence-electron chi connectivity index (χ1n) is 11.1. The minimum Gasteiger partial charge on any atom is -0.341 e. The number of carbonyl (C=O) groups excluding carboxylic acids is 2. The second-order valence-corrected chi connectivity index (χ2v) is 9.22. The number of carbonyl (C=O) groups is 2. The Morgan fingerprint density at radius 2 is 1.87 bits per heavy atom. The van der Waals surface area contributed by atoms with Crippen molar-refractivity contribution in [1.82, 2.24) is 14.8 Å². The topological polar surface area (TPSA) is 65.5 Å². The average molecular weight is 439 g/mol. The normalized spacial score (nSPS) is 19.4. The van der Waals surface area contributed by atoms with Gasteiger partial charge in [-0.15, -0.1) is 11.8 Å². The van der Waals surface area contributed by atoms with Crippen LogP contribution in [0.25, 0.3) is 0 Å². The van der Waals surface area contributed by atoms with E-state index in [2.05, 4.69) is 21.3 Å². The number of piperidine rings is 1. The Morgan fingerprint density at radius 3 is 2.68 bits per heavy atom. The third-order valence-electron chi connectivity index (χ3n) is 5.90. The molecule has 7 heteroatoms. The van der Waals surface area contributed by atoms with Crippen molar-refractivity contribution in [2.45, 2.75) is 48.9 Å². The van der Waals surface area contributed by atoms with Crippen LogP contribution in [-0.4, -0.2) is 58.8 Å². The predicted molar refractivity (Wildman–Crippen MR) is 124 cm³/mol. The first kappa shape index (κ1) is 21.8. The lowest BCUT2D eigenvalue weighted by atomic mass is 10.0. The van der Waals surface area contributed by atoms with E-state index in [1.165, 1.54) is 0 Å². The van der Waals surface area contributed by atoms with Crippen LogP contribution in [0.1, 0.15) is 37.7 Å². The molecule has 2 fully saturated rings. The summed E-state index contributed by atoms with van der Waals surface area (Å²) >= 11 is 1.67. The van der Waals surface area contributed by atoms with Crippen LogP contribution in [0.4, 0.5) is 5.69 Å². The van der Waals surface area contributed by atoms with Gasteiger partial charge in [0.2, 0.25) is 11.8 Å². The molecular weight excluding hydrogens is 408 g/mol. The molecule has 4 rings (SSSR count). The lowest BCUT2D eigenvalue weighted by Gasteiger charge is -2.36. The fraction of sp³-hybridized carbons (Fsp3) is 0.458. The number of nitrogens with zero attached hydrogens (tertiary/aromatic N) is 3. The van der Waals surface area contributed by atoms with Crippen LogP contribution in [0.3, 0.4) is 0 Å². The van der Waals surface area contributed by atoms with E-state index in [1.807, 2.05) is 41.3 Å². The summed E-state index contributed by atoms with van der Waals surface area (Å²) in [7, 11) is 0. The van der Waals surface area contributed by atoms with E-state index in [-0.39, 0.29) is 24.4 Å². The first-order valence-corrected chi connectivity index (χ1v) is 12.1. The lowest BCUT2D eigenvalue weighted by Crippen LogP contribution is -2.52. The van der Waals surface area contributed by atoms with Gasteiger partial charge in [0.25, 0.3) is 0 Å². The van der Waals surface area contributed by atoms with Crippen LogP contribution in [0.2, 0.25) is 0 Å². The quantitative estimate of drug-likeness (QED) is 0.667. The molecule has 2 aromatic rings. The van der Waals surface area contributed by atoms with Crippen molar-refractivity contribution in [2.24, 2.45) is 0 Å². The lowest BCUT2D eigenvalue weighted by molar-refractivity contribution is -0.137. The second kappa shape index (κ2) is 10.8. The second-order valence-electron chi connectivity index (χ2n) is 8.22. The number of nitrogens with one attached hydrogen (secondary N) is 1. The highest BCUT2D eigenvalue weighted by Gasteiger charge is 2.33. The summed E-state index contributed by atoms with van der Waals surface area (Å²) in [5, 5.41) is 4.01. The van der Waals surface area contributed by atoms with E-state index in [0.29, 0.717) is 0 Å². The number of pyridine rings is 1. The number of aromatic nitrogens is 1. The van der Waals surface area contributed by atoms with Gasteiger partial charge in [-0.1, -0.05) is 24.6 Å². The van der Waals surface area contributed by atoms with Crippen LogP contribution in [0.5, 0.6) is 0 Å². The number of amides is 2. The maximum absolute atomic E-state index is 12.9. The van der Waals surface area contributed by atoms with Gasteiger partial charge in [-0.25, -0.2) is 4.98 Å². The Bertz CT molecular complexity index is 886. The Kier molecular flexibility index (Phi) is 7.59. The molecule has 31 heavy (non-hydrogen) atoms. The molecular formula is C24H30N4O2S. The monoisotopic (exact) mass is 438 g/mol. The molecule has 1 aromatic heterocycles. The molecule has 0 bridgehead atoms. The number of anilines is 1. The Hall–Kier alpha value is -2.38. The number of benzene rings is 1. The standard InChI is InChI=1S/C24H30N4O2S/c29-22(17-28-15-4-2-10-21(28)24(30)27-13-5-6-14-27)26-20-9-7-8-19(16-20)18-31-23-11-1-3-12-25-23/h1,3,7-9,11-12,16,21H,2,4-6,10,13-15,17-18H2,(H,26,29). The molecule has 0 aliphatic carbocycles. The zero-order valence-electron chi connectivity index (χ0n) is 17.8. The van der Waals surface area contributed by atoms with Crippen LogP contribution in [0.15, 0.2) is 53.7 Å². The number of thioether (sulfide) groups is 1. The van der Waals surface area contributed by atoms with E-state index in [0.717, 1.165) is 73.8 Å². The molecule has 3 heterocycles. The molecule has 0 radical (unpaired) electrons. The molecule has 0 saturated carbocycles. The van der Waals surface area contributed by atoms with Gasteiger partial charge in [0, 0.05) is 30.7 Å². The number of hydrogen-bond acceptors (Lipinski definition) is 5. The number of hydrogen-bond donors (Lipinski definition) is 1. The van der Waals surface area contributed by atoms with Crippen LogP contribution >= 0.6 is 11.8 Å². The van der Waals surface area contributed by atoms with Gasteiger partial charge in [0.15, 0.2) is 0 Å². The highest BCUT2D eigenvalue weighted by Crippen LogP contribution is 2.23. The SMILES string of the molecule is O=C(CN1CCCCC1C(=O)N1CCCC1)Nc1cccc(CSc2ccccn2)c1. The van der Waals surface area contributed by atoms with Crippen molar-refractivity contribution in [3.63, 3.8) is 0 Å². The largest absolute Gasteiger partial charge is 0.341 e. The van der Waals surface area contributed by atoms with E-state index in [1.54, 1.807) is 18.0 Å². The molecule has 1 N–H and O–H groups in total. The summed E-state index contributed by atoms with van der Waals surface area (Å²) in [4.78, 5) is 34.1. The summed E-state index contributed by atoms with van der Waals surface area (Å²) in [6.45, 7) is 2.78. The molecule has 164 valence electrons. The average Bonchev–Trinajstić information content (AvgIpc) is 3.34. The Morgan fingerprint density at radius 1 is 1.03 bits per heavy atom. The van der Waals surface area contributed by atoms with E-state index >= 15 is 0 Å².